The van der Waals surface area contributed by atoms with Crippen molar-refractivity contribution in [2.24, 2.45) is 7.05 Å². The van der Waals surface area contributed by atoms with E-state index in [-0.39, 0.29) is 5.82 Å². The Balaban J connectivity index is 2.21. The molecule has 0 aliphatic carbocycles. The van der Waals surface area contributed by atoms with E-state index in [2.05, 4.69) is 4.98 Å². The van der Waals surface area contributed by atoms with Crippen LogP contribution in [0, 0.1) is 5.82 Å². The quantitative estimate of drug-likeness (QED) is 0.729. The van der Waals surface area contributed by atoms with Crippen LogP contribution in [-0.2, 0) is 7.05 Å². The van der Waals surface area contributed by atoms with Crippen molar-refractivity contribution >= 4 is 16.7 Å². The topological polar surface area (TPSA) is 53.1 Å². The number of fused-ring (bicyclic) bond motifs is 1. The number of aryl methyl sites for hydroxylation is 1. The molecule has 0 spiro atoms. The van der Waals surface area contributed by atoms with Crippen LogP contribution in [0.1, 0.15) is 0 Å². The Bertz CT molecular complexity index is 795. The third-order valence-electron chi connectivity index (χ3n) is 3.34. The van der Waals surface area contributed by atoms with Crippen molar-refractivity contribution in [3.05, 3.63) is 42.2 Å². The molecule has 0 saturated carbocycles. The normalized spacial score (nSPS) is 10.9. The molecule has 0 fully saturated rings. The van der Waals surface area contributed by atoms with Gasteiger partial charge in [-0.2, -0.15) is 0 Å². The molecular formula is C15H14FN3O. The first-order valence-corrected chi connectivity index (χ1v) is 6.16. The minimum atomic E-state index is -0.301. The number of aromatic nitrogens is 2. The lowest BCUT2D eigenvalue weighted by atomic mass is 10.1. The number of rotatable bonds is 2. The van der Waals surface area contributed by atoms with E-state index in [1.54, 1.807) is 19.2 Å². The SMILES string of the molecule is COc1ccc(-c2nc3cc(F)ccc3n2C)c(N)c1. The number of nitrogens with two attached hydrogens (primary N) is 1. The molecule has 0 unspecified atom stereocenters. The lowest BCUT2D eigenvalue weighted by Crippen LogP contribution is -1.97. The molecule has 0 atom stereocenters. The van der Waals surface area contributed by atoms with Crippen LogP contribution in [0.3, 0.4) is 0 Å². The van der Waals surface area contributed by atoms with Gasteiger partial charge in [-0.15, -0.1) is 0 Å². The molecule has 2 N–H and O–H groups in total. The van der Waals surface area contributed by atoms with Gasteiger partial charge in [0.2, 0.25) is 0 Å². The molecule has 1 heterocycles. The second-order valence-electron chi connectivity index (χ2n) is 4.58. The molecule has 0 saturated heterocycles. The lowest BCUT2D eigenvalue weighted by molar-refractivity contribution is 0.415. The van der Waals surface area contributed by atoms with E-state index in [4.69, 9.17) is 10.5 Å². The summed E-state index contributed by atoms with van der Waals surface area (Å²) in [6, 6.07) is 9.97. The molecule has 0 aliphatic rings. The molecule has 0 radical (unpaired) electrons. The zero-order valence-corrected chi connectivity index (χ0v) is 11.2. The molecule has 3 aromatic rings. The van der Waals surface area contributed by atoms with Crippen LogP contribution in [0.15, 0.2) is 36.4 Å². The van der Waals surface area contributed by atoms with Crippen molar-refractivity contribution in [2.45, 2.75) is 0 Å². The monoisotopic (exact) mass is 271 g/mol. The first-order valence-electron chi connectivity index (χ1n) is 6.16. The van der Waals surface area contributed by atoms with Crippen LogP contribution in [0.2, 0.25) is 0 Å². The summed E-state index contributed by atoms with van der Waals surface area (Å²) in [5.41, 5.74) is 8.88. The van der Waals surface area contributed by atoms with E-state index in [0.29, 0.717) is 22.8 Å². The minimum Gasteiger partial charge on any atom is -0.497 e. The van der Waals surface area contributed by atoms with Crippen LogP contribution in [0.4, 0.5) is 10.1 Å². The molecule has 102 valence electrons. The van der Waals surface area contributed by atoms with E-state index in [9.17, 15) is 4.39 Å². The third kappa shape index (κ3) is 1.87. The number of nitrogen functional groups attached to an aromatic ring is 1. The number of hydrogen-bond acceptors (Lipinski definition) is 3. The smallest absolute Gasteiger partial charge is 0.142 e. The molecule has 20 heavy (non-hydrogen) atoms. The van der Waals surface area contributed by atoms with Gasteiger partial charge in [-0.3, -0.25) is 0 Å². The van der Waals surface area contributed by atoms with E-state index in [1.807, 2.05) is 23.7 Å². The van der Waals surface area contributed by atoms with Crippen LogP contribution >= 0.6 is 0 Å². The molecule has 2 aromatic carbocycles. The predicted molar refractivity (Wildman–Crippen MR) is 77.1 cm³/mol. The highest BCUT2D eigenvalue weighted by Crippen LogP contribution is 2.30. The van der Waals surface area contributed by atoms with Gasteiger partial charge in [0.05, 0.1) is 18.1 Å². The molecule has 0 aliphatic heterocycles. The molecule has 0 amide bonds. The number of nitrogens with zero attached hydrogens (tertiary/aromatic N) is 2. The van der Waals surface area contributed by atoms with Gasteiger partial charge in [-0.25, -0.2) is 9.37 Å². The highest BCUT2D eigenvalue weighted by atomic mass is 19.1. The second-order valence-corrected chi connectivity index (χ2v) is 4.58. The zero-order chi connectivity index (χ0) is 14.3. The summed E-state index contributed by atoms with van der Waals surface area (Å²) in [5.74, 6) is 1.09. The molecule has 0 bridgehead atoms. The fourth-order valence-electron chi connectivity index (χ4n) is 2.29. The maximum absolute atomic E-state index is 13.3. The Morgan fingerprint density at radius 3 is 2.70 bits per heavy atom. The standard InChI is InChI=1S/C15H14FN3O/c1-19-14-6-3-9(16)7-13(14)18-15(19)11-5-4-10(20-2)8-12(11)17/h3-8H,17H2,1-2H3. The second kappa shape index (κ2) is 4.52. The van der Waals surface area contributed by atoms with Crippen LogP contribution in [-0.4, -0.2) is 16.7 Å². The number of anilines is 1. The highest BCUT2D eigenvalue weighted by Gasteiger charge is 2.13. The van der Waals surface area contributed by atoms with Crippen molar-refractivity contribution < 1.29 is 9.13 Å². The Hall–Kier alpha value is -2.56. The average Bonchev–Trinajstić information content (AvgIpc) is 2.75. The summed E-state index contributed by atoms with van der Waals surface area (Å²) < 4.78 is 20.3. The van der Waals surface area contributed by atoms with E-state index >= 15 is 0 Å². The summed E-state index contributed by atoms with van der Waals surface area (Å²) in [6.45, 7) is 0. The van der Waals surface area contributed by atoms with Gasteiger partial charge in [0.1, 0.15) is 17.4 Å². The number of benzene rings is 2. The van der Waals surface area contributed by atoms with Crippen LogP contribution in [0.25, 0.3) is 22.4 Å². The van der Waals surface area contributed by atoms with Gasteiger partial charge in [0, 0.05) is 30.4 Å². The van der Waals surface area contributed by atoms with Gasteiger partial charge in [-0.1, -0.05) is 0 Å². The van der Waals surface area contributed by atoms with E-state index in [1.165, 1.54) is 12.1 Å². The van der Waals surface area contributed by atoms with Crippen molar-refractivity contribution in [1.29, 1.82) is 0 Å². The fourth-order valence-corrected chi connectivity index (χ4v) is 2.29. The summed E-state index contributed by atoms with van der Waals surface area (Å²) in [5, 5.41) is 0. The molecule has 1 aromatic heterocycles. The highest BCUT2D eigenvalue weighted by molar-refractivity contribution is 5.83. The number of halogens is 1. The maximum atomic E-state index is 13.3. The van der Waals surface area contributed by atoms with Gasteiger partial charge < -0.3 is 15.0 Å². The lowest BCUT2D eigenvalue weighted by Gasteiger charge is -2.08. The third-order valence-corrected chi connectivity index (χ3v) is 3.34. The molecule has 3 rings (SSSR count). The predicted octanol–water partition coefficient (Wildman–Crippen LogP) is 2.97. The Kier molecular flexibility index (Phi) is 2.82. The van der Waals surface area contributed by atoms with Crippen LogP contribution in [0.5, 0.6) is 5.75 Å². The van der Waals surface area contributed by atoms with Crippen molar-refractivity contribution in [3.8, 4) is 17.1 Å². The van der Waals surface area contributed by atoms with Gasteiger partial charge >= 0.3 is 0 Å². The Labute approximate surface area is 115 Å². The largest absolute Gasteiger partial charge is 0.497 e. The van der Waals surface area contributed by atoms with Gasteiger partial charge in [0.15, 0.2) is 0 Å². The molecule has 5 heteroatoms. The number of hydrogen-bond donors (Lipinski definition) is 1. The Morgan fingerprint density at radius 1 is 1.20 bits per heavy atom. The van der Waals surface area contributed by atoms with Gasteiger partial charge in [-0.05, 0) is 24.3 Å². The summed E-state index contributed by atoms with van der Waals surface area (Å²) in [6.07, 6.45) is 0. The average molecular weight is 271 g/mol. The van der Waals surface area contributed by atoms with E-state index in [0.717, 1.165) is 11.1 Å². The number of methoxy groups -OCH3 is 1. The van der Waals surface area contributed by atoms with Crippen molar-refractivity contribution in [2.75, 3.05) is 12.8 Å². The van der Waals surface area contributed by atoms with Crippen molar-refractivity contribution in [1.82, 2.24) is 9.55 Å². The minimum absolute atomic E-state index is 0.301. The van der Waals surface area contributed by atoms with Gasteiger partial charge in [0.25, 0.3) is 0 Å². The number of ether oxygens (including phenoxy) is 1. The molecular weight excluding hydrogens is 257 g/mol. The summed E-state index contributed by atoms with van der Waals surface area (Å²) >= 11 is 0. The van der Waals surface area contributed by atoms with E-state index < -0.39 is 0 Å². The zero-order valence-electron chi connectivity index (χ0n) is 11.2. The van der Waals surface area contributed by atoms with Crippen LogP contribution < -0.4 is 10.5 Å². The van der Waals surface area contributed by atoms with Crippen molar-refractivity contribution in [3.63, 3.8) is 0 Å². The molecule has 4 nitrogen and oxygen atoms in total. The summed E-state index contributed by atoms with van der Waals surface area (Å²) in [4.78, 5) is 4.46. The summed E-state index contributed by atoms with van der Waals surface area (Å²) in [7, 11) is 3.47. The number of imidazole rings is 1. The first-order chi connectivity index (χ1) is 9.60. The first kappa shape index (κ1) is 12.5. The fraction of sp³-hybridized carbons (Fsp3) is 0.133. The Morgan fingerprint density at radius 2 is 2.00 bits per heavy atom. The maximum Gasteiger partial charge on any atom is 0.142 e.